The van der Waals surface area contributed by atoms with Crippen LogP contribution in [0.15, 0.2) is 0 Å². The normalized spacial score (nSPS) is 15.2. The fourth-order valence-corrected chi connectivity index (χ4v) is 2.79. The molecule has 94 valence electrons. The summed E-state index contributed by atoms with van der Waals surface area (Å²) in [5.41, 5.74) is 0. The third kappa shape index (κ3) is 5.33. The van der Waals surface area contributed by atoms with Crippen molar-refractivity contribution in [3.05, 3.63) is 0 Å². The first-order valence-electron chi connectivity index (χ1n) is 4.17. The molecule has 0 fully saturated rings. The molecule has 0 aliphatic rings. The highest BCUT2D eigenvalue weighted by Gasteiger charge is 2.29. The first-order valence-corrected chi connectivity index (χ1v) is 6.96. The molecule has 0 aromatic carbocycles. The summed E-state index contributed by atoms with van der Waals surface area (Å²) >= 11 is 0.797. The van der Waals surface area contributed by atoms with Crippen LogP contribution in [0.1, 0.15) is 13.3 Å². The van der Waals surface area contributed by atoms with Gasteiger partial charge in [-0.1, -0.05) is 0 Å². The van der Waals surface area contributed by atoms with E-state index in [1.807, 2.05) is 0 Å². The minimum absolute atomic E-state index is 0.394. The van der Waals surface area contributed by atoms with Crippen molar-refractivity contribution in [2.45, 2.75) is 24.0 Å². The Morgan fingerprint density at radius 3 is 2.19 bits per heavy atom. The molecule has 3 N–H and O–H groups in total. The largest absolute Gasteiger partial charge is 0.480 e. The lowest BCUT2D eigenvalue weighted by Gasteiger charge is -2.17. The summed E-state index contributed by atoms with van der Waals surface area (Å²) in [4.78, 5) is 21.4. The van der Waals surface area contributed by atoms with E-state index in [0.29, 0.717) is 0 Å². The van der Waals surface area contributed by atoms with Crippen molar-refractivity contribution >= 4 is 33.8 Å². The Hall–Kier alpha value is -0.800. The molecule has 16 heavy (non-hydrogen) atoms. The van der Waals surface area contributed by atoms with Gasteiger partial charge in [0.15, 0.2) is 0 Å². The number of rotatable bonds is 6. The number of carbonyl (C=O) groups excluding carboxylic acids is 1. The Morgan fingerprint density at radius 2 is 1.94 bits per heavy atom. The van der Waals surface area contributed by atoms with Gasteiger partial charge in [-0.25, -0.2) is 4.79 Å². The van der Waals surface area contributed by atoms with Crippen molar-refractivity contribution < 1.29 is 27.7 Å². The molecule has 0 aromatic rings. The Balaban J connectivity index is 4.73. The Kier molecular flexibility index (Phi) is 5.76. The molecule has 0 radical (unpaired) electrons. The predicted molar refractivity (Wildman–Crippen MR) is 58.7 cm³/mol. The summed E-state index contributed by atoms with van der Waals surface area (Å²) in [7, 11) is -4.33. The van der Waals surface area contributed by atoms with Crippen LogP contribution in [-0.2, 0) is 19.7 Å². The fourth-order valence-electron chi connectivity index (χ4n) is 0.999. The Morgan fingerprint density at radius 1 is 1.44 bits per heavy atom. The van der Waals surface area contributed by atoms with E-state index in [1.54, 1.807) is 0 Å². The summed E-state index contributed by atoms with van der Waals surface area (Å²) in [5, 5.41) is 10.8. The molecular formula is C7H13NO6S2. The van der Waals surface area contributed by atoms with Gasteiger partial charge in [0.2, 0.25) is 5.91 Å². The van der Waals surface area contributed by atoms with Gasteiger partial charge in [-0.05, 0) is 6.26 Å². The summed E-state index contributed by atoms with van der Waals surface area (Å²) in [6.07, 6.45) is 1.03. The predicted octanol–water partition coefficient (Wildman–Crippen LogP) is -0.457. The van der Waals surface area contributed by atoms with E-state index in [0.717, 1.165) is 18.7 Å². The van der Waals surface area contributed by atoms with Crippen LogP contribution in [0.3, 0.4) is 0 Å². The molecule has 0 bridgehead atoms. The lowest BCUT2D eigenvalue weighted by atomic mass is 10.2. The third-order valence-electron chi connectivity index (χ3n) is 1.70. The van der Waals surface area contributed by atoms with E-state index in [1.165, 1.54) is 6.26 Å². The SMILES string of the molecule is CSC(CC(NC(C)=O)C(=O)O)S(=O)(=O)O. The lowest BCUT2D eigenvalue weighted by molar-refractivity contribution is -0.141. The zero-order chi connectivity index (χ0) is 12.9. The molecule has 0 saturated heterocycles. The number of amides is 1. The van der Waals surface area contributed by atoms with E-state index in [4.69, 9.17) is 9.66 Å². The molecule has 0 heterocycles. The minimum atomic E-state index is -4.33. The van der Waals surface area contributed by atoms with Crippen molar-refractivity contribution in [1.29, 1.82) is 0 Å². The molecule has 7 nitrogen and oxygen atoms in total. The van der Waals surface area contributed by atoms with Crippen molar-refractivity contribution in [3.63, 3.8) is 0 Å². The molecule has 1 amide bonds. The number of carbonyl (C=O) groups is 2. The standard InChI is InChI=1S/C7H13NO6S2/c1-4(9)8-5(7(10)11)3-6(15-2)16(12,13)14/h5-6H,3H2,1-2H3,(H,8,9)(H,10,11)(H,12,13,14). The van der Waals surface area contributed by atoms with Crippen LogP contribution in [0.5, 0.6) is 0 Å². The molecule has 0 rings (SSSR count). The molecule has 0 aliphatic heterocycles. The first-order chi connectivity index (χ1) is 7.18. The van der Waals surface area contributed by atoms with Crippen molar-refractivity contribution in [2.24, 2.45) is 0 Å². The van der Waals surface area contributed by atoms with Crippen LogP contribution in [0.4, 0.5) is 0 Å². The number of hydrogen-bond acceptors (Lipinski definition) is 5. The van der Waals surface area contributed by atoms with Crippen LogP contribution in [0, 0.1) is 0 Å². The second-order valence-corrected chi connectivity index (χ2v) is 5.95. The number of carboxylic acid groups (broad SMARTS) is 1. The molecule has 0 saturated carbocycles. The Bertz CT molecular complexity index is 365. The number of carboxylic acids is 1. The fraction of sp³-hybridized carbons (Fsp3) is 0.714. The topological polar surface area (TPSA) is 121 Å². The number of hydrogen-bond donors (Lipinski definition) is 3. The van der Waals surface area contributed by atoms with Crippen LogP contribution >= 0.6 is 11.8 Å². The van der Waals surface area contributed by atoms with E-state index < -0.39 is 39.0 Å². The van der Waals surface area contributed by atoms with Gasteiger partial charge in [0.05, 0.1) is 0 Å². The quantitative estimate of drug-likeness (QED) is 0.559. The maximum Gasteiger partial charge on any atom is 0.326 e. The molecule has 9 heteroatoms. The van der Waals surface area contributed by atoms with E-state index in [-0.39, 0.29) is 0 Å². The third-order valence-corrected chi connectivity index (χ3v) is 4.58. The summed E-state index contributed by atoms with van der Waals surface area (Å²) in [6.45, 7) is 1.12. The van der Waals surface area contributed by atoms with Gasteiger partial charge in [0.25, 0.3) is 10.1 Å². The number of nitrogens with one attached hydrogen (secondary N) is 1. The van der Waals surface area contributed by atoms with Gasteiger partial charge in [-0.2, -0.15) is 8.42 Å². The molecule has 0 aliphatic carbocycles. The average molecular weight is 271 g/mol. The van der Waals surface area contributed by atoms with Gasteiger partial charge in [-0.3, -0.25) is 9.35 Å². The van der Waals surface area contributed by atoms with Gasteiger partial charge < -0.3 is 10.4 Å². The molecule has 0 aromatic heterocycles. The maximum absolute atomic E-state index is 10.8. The molecule has 0 spiro atoms. The van der Waals surface area contributed by atoms with Crippen LogP contribution in [0.2, 0.25) is 0 Å². The minimum Gasteiger partial charge on any atom is -0.480 e. The summed E-state index contributed by atoms with van der Waals surface area (Å²) < 4.78 is 29.2. The van der Waals surface area contributed by atoms with Crippen molar-refractivity contribution in [3.8, 4) is 0 Å². The van der Waals surface area contributed by atoms with Gasteiger partial charge in [-0.15, -0.1) is 11.8 Å². The number of aliphatic carboxylic acids is 1. The highest BCUT2D eigenvalue weighted by atomic mass is 32.3. The van der Waals surface area contributed by atoms with Crippen LogP contribution in [-0.4, -0.2) is 46.8 Å². The second kappa shape index (κ2) is 6.06. The highest BCUT2D eigenvalue weighted by molar-refractivity contribution is 8.11. The first kappa shape index (κ1) is 15.2. The van der Waals surface area contributed by atoms with E-state index in [2.05, 4.69) is 5.32 Å². The zero-order valence-electron chi connectivity index (χ0n) is 8.71. The smallest absolute Gasteiger partial charge is 0.326 e. The zero-order valence-corrected chi connectivity index (χ0v) is 10.3. The maximum atomic E-state index is 10.8. The highest BCUT2D eigenvalue weighted by Crippen LogP contribution is 2.18. The van der Waals surface area contributed by atoms with Crippen LogP contribution < -0.4 is 5.32 Å². The average Bonchev–Trinajstić information content (AvgIpc) is 2.08. The lowest BCUT2D eigenvalue weighted by Crippen LogP contribution is -2.42. The second-order valence-electron chi connectivity index (χ2n) is 3.01. The summed E-state index contributed by atoms with van der Waals surface area (Å²) in [6, 6.07) is -1.34. The van der Waals surface area contributed by atoms with Gasteiger partial charge in [0.1, 0.15) is 10.6 Å². The van der Waals surface area contributed by atoms with Crippen molar-refractivity contribution in [2.75, 3.05) is 6.26 Å². The molecular weight excluding hydrogens is 258 g/mol. The van der Waals surface area contributed by atoms with Crippen LogP contribution in [0.25, 0.3) is 0 Å². The van der Waals surface area contributed by atoms with Gasteiger partial charge in [0, 0.05) is 13.3 Å². The monoisotopic (exact) mass is 271 g/mol. The number of thioether (sulfide) groups is 1. The van der Waals surface area contributed by atoms with Gasteiger partial charge >= 0.3 is 5.97 Å². The molecule has 2 unspecified atom stereocenters. The summed E-state index contributed by atoms with van der Waals surface area (Å²) in [5.74, 6) is -1.93. The van der Waals surface area contributed by atoms with E-state index in [9.17, 15) is 18.0 Å². The Labute approximate surface area is 97.3 Å². The van der Waals surface area contributed by atoms with E-state index >= 15 is 0 Å². The molecule has 2 atom stereocenters. The van der Waals surface area contributed by atoms with Crippen molar-refractivity contribution in [1.82, 2.24) is 5.32 Å².